The van der Waals surface area contributed by atoms with Gasteiger partial charge in [-0.25, -0.2) is 4.98 Å². The Labute approximate surface area is 119 Å². The summed E-state index contributed by atoms with van der Waals surface area (Å²) in [5, 5.41) is 0.418. The van der Waals surface area contributed by atoms with E-state index in [9.17, 15) is 9.59 Å². The van der Waals surface area contributed by atoms with Crippen LogP contribution in [0.4, 0.5) is 0 Å². The third-order valence-corrected chi connectivity index (χ3v) is 3.83. The zero-order chi connectivity index (χ0) is 14.6. The van der Waals surface area contributed by atoms with Gasteiger partial charge in [0.15, 0.2) is 5.82 Å². The number of carbonyl (C=O) groups excluding carboxylic acids is 1. The summed E-state index contributed by atoms with van der Waals surface area (Å²) in [6, 6.07) is 7.23. The van der Waals surface area contributed by atoms with Crippen molar-refractivity contribution < 1.29 is 4.79 Å². The van der Waals surface area contributed by atoms with Crippen LogP contribution in [0.15, 0.2) is 41.5 Å². The number of rotatable bonds is 1. The number of benzene rings is 1. The van der Waals surface area contributed by atoms with Crippen LogP contribution >= 0.6 is 0 Å². The van der Waals surface area contributed by atoms with Crippen molar-refractivity contribution in [3.05, 3.63) is 64.0 Å². The first-order chi connectivity index (χ1) is 10.2. The molecule has 0 atom stereocenters. The van der Waals surface area contributed by atoms with Gasteiger partial charge in [0.2, 0.25) is 5.78 Å². The summed E-state index contributed by atoms with van der Waals surface area (Å²) in [4.78, 5) is 33.4. The van der Waals surface area contributed by atoms with Gasteiger partial charge in [0, 0.05) is 12.4 Å². The third-order valence-electron chi connectivity index (χ3n) is 3.83. The monoisotopic (exact) mass is 277 g/mol. The SMILES string of the molecule is CCc1ccc2c(c1)C(=O)c1nc3ccncc3c(=O)n1-2. The minimum Gasteiger partial charge on any atom is -0.285 e. The minimum absolute atomic E-state index is 0.182. The van der Waals surface area contributed by atoms with Crippen LogP contribution in [0.25, 0.3) is 16.6 Å². The number of aromatic nitrogens is 3. The van der Waals surface area contributed by atoms with Crippen LogP contribution in [0.1, 0.15) is 28.7 Å². The van der Waals surface area contributed by atoms with Crippen LogP contribution in [-0.4, -0.2) is 20.3 Å². The lowest BCUT2D eigenvalue weighted by Crippen LogP contribution is -2.21. The summed E-state index contributed by atoms with van der Waals surface area (Å²) in [6.45, 7) is 2.03. The van der Waals surface area contributed by atoms with E-state index in [1.807, 2.05) is 25.1 Å². The van der Waals surface area contributed by atoms with Gasteiger partial charge in [0.05, 0.1) is 22.2 Å². The first kappa shape index (κ1) is 12.0. The van der Waals surface area contributed by atoms with Crippen LogP contribution in [0, 0.1) is 0 Å². The van der Waals surface area contributed by atoms with Crippen molar-refractivity contribution in [1.82, 2.24) is 14.5 Å². The Morgan fingerprint density at radius 3 is 2.86 bits per heavy atom. The van der Waals surface area contributed by atoms with Gasteiger partial charge in [0.25, 0.3) is 5.56 Å². The molecule has 1 aliphatic rings. The number of hydrogen-bond acceptors (Lipinski definition) is 4. The van der Waals surface area contributed by atoms with Crippen LogP contribution in [0.5, 0.6) is 0 Å². The van der Waals surface area contributed by atoms with E-state index in [1.54, 1.807) is 12.3 Å². The van der Waals surface area contributed by atoms with E-state index in [1.165, 1.54) is 10.8 Å². The third kappa shape index (κ3) is 1.51. The largest absolute Gasteiger partial charge is 0.285 e. The van der Waals surface area contributed by atoms with Gasteiger partial charge in [0.1, 0.15) is 0 Å². The number of aryl methyl sites for hydroxylation is 1. The molecule has 0 bridgehead atoms. The fraction of sp³-hybridized carbons (Fsp3) is 0.125. The van der Waals surface area contributed by atoms with Crippen molar-refractivity contribution in [2.24, 2.45) is 0 Å². The zero-order valence-corrected chi connectivity index (χ0v) is 11.3. The highest BCUT2D eigenvalue weighted by Gasteiger charge is 2.30. The fourth-order valence-electron chi connectivity index (χ4n) is 2.71. The molecule has 3 aromatic rings. The van der Waals surface area contributed by atoms with E-state index in [0.717, 1.165) is 12.0 Å². The molecule has 0 spiro atoms. The van der Waals surface area contributed by atoms with Gasteiger partial charge in [-0.3, -0.25) is 19.1 Å². The molecule has 0 aliphatic carbocycles. The van der Waals surface area contributed by atoms with Gasteiger partial charge in [-0.1, -0.05) is 13.0 Å². The Morgan fingerprint density at radius 1 is 1.19 bits per heavy atom. The smallest absolute Gasteiger partial charge is 0.267 e. The van der Waals surface area contributed by atoms with Gasteiger partial charge in [-0.05, 0) is 30.2 Å². The molecule has 0 unspecified atom stereocenters. The van der Waals surface area contributed by atoms with Crippen LogP contribution in [-0.2, 0) is 6.42 Å². The molecular formula is C16H11N3O2. The van der Waals surface area contributed by atoms with E-state index in [0.29, 0.717) is 22.2 Å². The maximum Gasteiger partial charge on any atom is 0.267 e. The average Bonchev–Trinajstić information content (AvgIpc) is 2.80. The Bertz CT molecular complexity index is 973. The molecule has 0 fully saturated rings. The second kappa shape index (κ2) is 4.09. The van der Waals surface area contributed by atoms with Crippen molar-refractivity contribution >= 4 is 16.7 Å². The summed E-state index contributed by atoms with van der Waals surface area (Å²) < 4.78 is 1.39. The van der Waals surface area contributed by atoms with E-state index < -0.39 is 0 Å². The van der Waals surface area contributed by atoms with E-state index >= 15 is 0 Å². The number of hydrogen-bond donors (Lipinski definition) is 0. The van der Waals surface area contributed by atoms with Crippen molar-refractivity contribution in [1.29, 1.82) is 0 Å². The normalized spacial score (nSPS) is 12.5. The molecule has 0 amide bonds. The molecule has 2 aromatic heterocycles. The van der Waals surface area contributed by atoms with Crippen LogP contribution in [0.3, 0.4) is 0 Å². The fourth-order valence-corrected chi connectivity index (χ4v) is 2.71. The van der Waals surface area contributed by atoms with E-state index in [2.05, 4.69) is 9.97 Å². The summed E-state index contributed by atoms with van der Waals surface area (Å²) >= 11 is 0. The molecule has 0 saturated carbocycles. The standard InChI is InChI=1S/C16H11N3O2/c1-2-9-3-4-13-10(7-9)14(20)15-18-12-5-6-17-8-11(12)16(21)19(13)15/h3-8H,2H2,1H3. The Kier molecular flexibility index (Phi) is 2.33. The minimum atomic E-state index is -0.251. The lowest BCUT2D eigenvalue weighted by molar-refractivity contribution is 0.103. The molecule has 0 N–H and O–H groups in total. The summed E-state index contributed by atoms with van der Waals surface area (Å²) in [5.74, 6) is -0.0157. The molecule has 3 heterocycles. The molecule has 5 nitrogen and oxygen atoms in total. The van der Waals surface area contributed by atoms with Crippen LogP contribution in [0.2, 0.25) is 0 Å². The van der Waals surface area contributed by atoms with E-state index in [4.69, 9.17) is 0 Å². The quantitative estimate of drug-likeness (QED) is 0.533. The number of nitrogens with zero attached hydrogens (tertiary/aromatic N) is 3. The lowest BCUT2D eigenvalue weighted by atomic mass is 10.1. The Hall–Kier alpha value is -2.82. The summed E-state index contributed by atoms with van der Waals surface area (Å²) in [5.41, 5.74) is 2.46. The first-order valence-electron chi connectivity index (χ1n) is 6.75. The zero-order valence-electron chi connectivity index (χ0n) is 11.3. The van der Waals surface area contributed by atoms with Gasteiger partial charge < -0.3 is 0 Å². The average molecular weight is 277 g/mol. The van der Waals surface area contributed by atoms with Crippen molar-refractivity contribution in [3.8, 4) is 5.69 Å². The number of pyridine rings is 1. The highest BCUT2D eigenvalue weighted by Crippen LogP contribution is 2.27. The van der Waals surface area contributed by atoms with Crippen molar-refractivity contribution in [2.45, 2.75) is 13.3 Å². The molecular weight excluding hydrogens is 266 g/mol. The van der Waals surface area contributed by atoms with Gasteiger partial charge >= 0.3 is 0 Å². The highest BCUT2D eigenvalue weighted by molar-refractivity contribution is 6.13. The number of ketones is 1. The maximum atomic E-state index is 12.6. The van der Waals surface area contributed by atoms with Crippen LogP contribution < -0.4 is 5.56 Å². The molecule has 0 radical (unpaired) electrons. The van der Waals surface area contributed by atoms with E-state index in [-0.39, 0.29) is 17.2 Å². The number of carbonyl (C=O) groups is 1. The van der Waals surface area contributed by atoms with Crippen molar-refractivity contribution in [2.75, 3.05) is 0 Å². The summed E-state index contributed by atoms with van der Waals surface area (Å²) in [7, 11) is 0. The van der Waals surface area contributed by atoms with Gasteiger partial charge in [-0.15, -0.1) is 0 Å². The predicted octanol–water partition coefficient (Wildman–Crippen LogP) is 1.89. The second-order valence-corrected chi connectivity index (χ2v) is 5.00. The topological polar surface area (TPSA) is 64.8 Å². The van der Waals surface area contributed by atoms with Gasteiger partial charge in [-0.2, -0.15) is 0 Å². The molecule has 102 valence electrons. The molecule has 0 saturated heterocycles. The molecule has 1 aromatic carbocycles. The number of fused-ring (bicyclic) bond motifs is 4. The summed E-state index contributed by atoms with van der Waals surface area (Å²) in [6.07, 6.45) is 3.89. The lowest BCUT2D eigenvalue weighted by Gasteiger charge is -2.05. The molecule has 5 heteroatoms. The predicted molar refractivity (Wildman–Crippen MR) is 77.9 cm³/mol. The molecule has 4 rings (SSSR count). The molecule has 21 heavy (non-hydrogen) atoms. The van der Waals surface area contributed by atoms with Crippen molar-refractivity contribution in [3.63, 3.8) is 0 Å². The maximum absolute atomic E-state index is 12.6. The highest BCUT2D eigenvalue weighted by atomic mass is 16.1. The molecule has 1 aliphatic heterocycles. The Balaban J connectivity index is 2.13. The first-order valence-corrected chi connectivity index (χ1v) is 6.75. The Morgan fingerprint density at radius 2 is 2.05 bits per heavy atom. The second-order valence-electron chi connectivity index (χ2n) is 5.00.